The first kappa shape index (κ1) is 13.0. The van der Waals surface area contributed by atoms with E-state index in [0.717, 1.165) is 24.4 Å². The summed E-state index contributed by atoms with van der Waals surface area (Å²) in [4.78, 5) is 4.41. The first-order valence-electron chi connectivity index (χ1n) is 5.91. The zero-order chi connectivity index (χ0) is 12.0. The van der Waals surface area contributed by atoms with E-state index in [1.807, 2.05) is 18.3 Å². The van der Waals surface area contributed by atoms with Crippen molar-refractivity contribution in [2.24, 2.45) is 0 Å². The first-order chi connectivity index (χ1) is 7.69. The Balaban J connectivity index is 2.68. The molecule has 0 saturated carbocycles. The van der Waals surface area contributed by atoms with Crippen LogP contribution in [0.2, 0.25) is 0 Å². The molecule has 1 aromatic rings. The minimum atomic E-state index is 0.408. The number of ether oxygens (including phenoxy) is 1. The predicted octanol–water partition coefficient (Wildman–Crippen LogP) is 2.58. The van der Waals surface area contributed by atoms with Gasteiger partial charge in [0, 0.05) is 18.2 Å². The van der Waals surface area contributed by atoms with E-state index in [4.69, 9.17) is 4.74 Å². The van der Waals surface area contributed by atoms with Gasteiger partial charge in [-0.05, 0) is 32.0 Å². The van der Waals surface area contributed by atoms with E-state index in [9.17, 15) is 0 Å². The van der Waals surface area contributed by atoms with Crippen LogP contribution in [0.3, 0.4) is 0 Å². The van der Waals surface area contributed by atoms with Crippen LogP contribution in [0.15, 0.2) is 18.3 Å². The smallest absolute Gasteiger partial charge is 0.140 e. The lowest BCUT2D eigenvalue weighted by Crippen LogP contribution is -2.27. The standard InChI is InChI=1S/C13H22N2O/c1-5-14-11(3)9-10(2)13-12(16-4)7-6-8-15-13/h6-8,10-11,14H,5,9H2,1-4H3. The quantitative estimate of drug-likeness (QED) is 0.803. The largest absolute Gasteiger partial charge is 0.495 e. The molecule has 0 aliphatic rings. The summed E-state index contributed by atoms with van der Waals surface area (Å²) in [5.74, 6) is 1.30. The predicted molar refractivity (Wildman–Crippen MR) is 67.0 cm³/mol. The van der Waals surface area contributed by atoms with Crippen LogP contribution in [0.4, 0.5) is 0 Å². The van der Waals surface area contributed by atoms with Crippen LogP contribution in [-0.2, 0) is 0 Å². The Hall–Kier alpha value is -1.09. The second-order valence-electron chi connectivity index (χ2n) is 4.19. The summed E-state index contributed by atoms with van der Waals surface area (Å²) in [7, 11) is 1.70. The number of hydrogen-bond donors (Lipinski definition) is 1. The summed E-state index contributed by atoms with van der Waals surface area (Å²) in [6.07, 6.45) is 2.90. The molecule has 0 spiro atoms. The molecule has 0 bridgehead atoms. The lowest BCUT2D eigenvalue weighted by Gasteiger charge is -2.19. The normalized spacial score (nSPS) is 14.5. The summed E-state index contributed by atoms with van der Waals surface area (Å²) in [6.45, 7) is 7.53. The van der Waals surface area contributed by atoms with Gasteiger partial charge in [0.15, 0.2) is 0 Å². The first-order valence-corrected chi connectivity index (χ1v) is 5.91. The van der Waals surface area contributed by atoms with Gasteiger partial charge in [-0.3, -0.25) is 4.98 Å². The lowest BCUT2D eigenvalue weighted by molar-refractivity contribution is 0.396. The second kappa shape index (κ2) is 6.48. The summed E-state index contributed by atoms with van der Waals surface area (Å²) in [5.41, 5.74) is 1.05. The Labute approximate surface area is 98.2 Å². The summed E-state index contributed by atoms with van der Waals surface area (Å²) in [6, 6.07) is 4.38. The summed E-state index contributed by atoms with van der Waals surface area (Å²) < 4.78 is 5.33. The van der Waals surface area contributed by atoms with E-state index in [1.165, 1.54) is 0 Å². The monoisotopic (exact) mass is 222 g/mol. The topological polar surface area (TPSA) is 34.2 Å². The van der Waals surface area contributed by atoms with Gasteiger partial charge in [0.1, 0.15) is 5.75 Å². The fraction of sp³-hybridized carbons (Fsp3) is 0.615. The molecule has 0 aliphatic heterocycles. The molecule has 16 heavy (non-hydrogen) atoms. The highest BCUT2D eigenvalue weighted by Gasteiger charge is 2.15. The van der Waals surface area contributed by atoms with E-state index < -0.39 is 0 Å². The highest BCUT2D eigenvalue weighted by molar-refractivity contribution is 5.29. The zero-order valence-electron chi connectivity index (χ0n) is 10.7. The van der Waals surface area contributed by atoms with Gasteiger partial charge >= 0.3 is 0 Å². The molecule has 0 radical (unpaired) electrons. The van der Waals surface area contributed by atoms with Crippen LogP contribution in [0.1, 0.15) is 38.8 Å². The molecule has 0 aliphatic carbocycles. The van der Waals surface area contributed by atoms with Crippen molar-refractivity contribution in [1.29, 1.82) is 0 Å². The molecule has 3 nitrogen and oxygen atoms in total. The van der Waals surface area contributed by atoms with Crippen LogP contribution < -0.4 is 10.1 Å². The van der Waals surface area contributed by atoms with Gasteiger partial charge in [-0.2, -0.15) is 0 Å². The van der Waals surface area contributed by atoms with Crippen molar-refractivity contribution in [3.8, 4) is 5.75 Å². The van der Waals surface area contributed by atoms with Gasteiger partial charge in [0.05, 0.1) is 12.8 Å². The molecular formula is C13H22N2O. The van der Waals surface area contributed by atoms with Gasteiger partial charge in [0.2, 0.25) is 0 Å². The van der Waals surface area contributed by atoms with Crippen molar-refractivity contribution >= 4 is 0 Å². The molecule has 0 saturated heterocycles. The number of pyridine rings is 1. The molecule has 1 rings (SSSR count). The lowest BCUT2D eigenvalue weighted by atomic mass is 9.98. The van der Waals surface area contributed by atoms with Crippen molar-refractivity contribution in [2.75, 3.05) is 13.7 Å². The Kier molecular flexibility index (Phi) is 5.26. The molecule has 0 amide bonds. The summed E-state index contributed by atoms with van der Waals surface area (Å²) in [5, 5.41) is 3.42. The fourth-order valence-corrected chi connectivity index (χ4v) is 2.02. The van der Waals surface area contributed by atoms with E-state index in [0.29, 0.717) is 12.0 Å². The Bertz CT molecular complexity index is 315. The third-order valence-corrected chi connectivity index (χ3v) is 2.75. The zero-order valence-corrected chi connectivity index (χ0v) is 10.7. The average Bonchev–Trinajstić information content (AvgIpc) is 2.29. The molecule has 1 N–H and O–H groups in total. The molecule has 2 unspecified atom stereocenters. The van der Waals surface area contributed by atoms with Gasteiger partial charge in [0.25, 0.3) is 0 Å². The minimum absolute atomic E-state index is 0.408. The van der Waals surface area contributed by atoms with Crippen molar-refractivity contribution in [3.63, 3.8) is 0 Å². The molecule has 90 valence electrons. The Morgan fingerprint density at radius 1 is 1.44 bits per heavy atom. The molecule has 1 heterocycles. The van der Waals surface area contributed by atoms with Crippen LogP contribution >= 0.6 is 0 Å². The number of nitrogens with one attached hydrogen (secondary N) is 1. The number of hydrogen-bond acceptors (Lipinski definition) is 3. The van der Waals surface area contributed by atoms with Crippen molar-refractivity contribution < 1.29 is 4.74 Å². The molecule has 2 atom stereocenters. The third-order valence-electron chi connectivity index (χ3n) is 2.75. The van der Waals surface area contributed by atoms with Crippen molar-refractivity contribution in [3.05, 3.63) is 24.0 Å². The SMILES string of the molecule is CCNC(C)CC(C)c1ncccc1OC. The van der Waals surface area contributed by atoms with Crippen LogP contribution in [0.5, 0.6) is 5.75 Å². The second-order valence-corrected chi connectivity index (χ2v) is 4.19. The van der Waals surface area contributed by atoms with Crippen LogP contribution in [0.25, 0.3) is 0 Å². The van der Waals surface area contributed by atoms with E-state index in [2.05, 4.69) is 31.1 Å². The van der Waals surface area contributed by atoms with Crippen LogP contribution in [-0.4, -0.2) is 24.7 Å². The number of aromatic nitrogens is 1. The van der Waals surface area contributed by atoms with Gasteiger partial charge in [-0.1, -0.05) is 13.8 Å². The maximum atomic E-state index is 5.33. The van der Waals surface area contributed by atoms with E-state index in [1.54, 1.807) is 7.11 Å². The molecule has 0 aromatic carbocycles. The fourth-order valence-electron chi connectivity index (χ4n) is 2.02. The molecular weight excluding hydrogens is 200 g/mol. The minimum Gasteiger partial charge on any atom is -0.495 e. The van der Waals surface area contributed by atoms with Crippen LogP contribution in [0, 0.1) is 0 Å². The Morgan fingerprint density at radius 3 is 2.81 bits per heavy atom. The third kappa shape index (κ3) is 3.49. The molecule has 3 heteroatoms. The maximum absolute atomic E-state index is 5.33. The van der Waals surface area contributed by atoms with Crippen molar-refractivity contribution in [2.45, 2.75) is 39.2 Å². The Morgan fingerprint density at radius 2 is 2.19 bits per heavy atom. The number of nitrogens with zero attached hydrogens (tertiary/aromatic N) is 1. The molecule has 1 aromatic heterocycles. The number of rotatable bonds is 6. The molecule has 0 fully saturated rings. The average molecular weight is 222 g/mol. The van der Waals surface area contributed by atoms with E-state index in [-0.39, 0.29) is 0 Å². The highest BCUT2D eigenvalue weighted by atomic mass is 16.5. The van der Waals surface area contributed by atoms with Gasteiger partial charge in [-0.15, -0.1) is 0 Å². The van der Waals surface area contributed by atoms with Gasteiger partial charge < -0.3 is 10.1 Å². The highest BCUT2D eigenvalue weighted by Crippen LogP contribution is 2.26. The van der Waals surface area contributed by atoms with E-state index >= 15 is 0 Å². The number of methoxy groups -OCH3 is 1. The maximum Gasteiger partial charge on any atom is 0.140 e. The van der Waals surface area contributed by atoms with Crippen molar-refractivity contribution in [1.82, 2.24) is 10.3 Å². The summed E-state index contributed by atoms with van der Waals surface area (Å²) >= 11 is 0. The van der Waals surface area contributed by atoms with Gasteiger partial charge in [-0.25, -0.2) is 0 Å².